The summed E-state index contributed by atoms with van der Waals surface area (Å²) in [6.07, 6.45) is -0.0488. The molecule has 0 unspecified atom stereocenters. The van der Waals surface area contributed by atoms with E-state index in [1.807, 2.05) is 91.0 Å². The SMILES string of the molecule is CCOC(=O)c1c(Nc2ccccc2)sc(/C(=N/NC(=O)CC2=NC(=O)CS2)c2ccccc2)c1-c1ccccc1. The Morgan fingerprint density at radius 2 is 1.61 bits per heavy atom. The number of hydrogen-bond donors (Lipinski definition) is 2. The van der Waals surface area contributed by atoms with Gasteiger partial charge in [-0.1, -0.05) is 78.9 Å². The molecule has 1 aromatic heterocycles. The highest BCUT2D eigenvalue weighted by molar-refractivity contribution is 8.15. The molecular formula is C31H26N4O4S2. The van der Waals surface area contributed by atoms with Crippen LogP contribution in [0.15, 0.2) is 101 Å². The molecule has 0 fully saturated rings. The first-order valence-corrected chi connectivity index (χ1v) is 14.7. The predicted octanol–water partition coefficient (Wildman–Crippen LogP) is 6.27. The quantitative estimate of drug-likeness (QED) is 0.130. The number of nitrogens with zero attached hydrogens (tertiary/aromatic N) is 2. The number of amides is 2. The Morgan fingerprint density at radius 3 is 2.24 bits per heavy atom. The van der Waals surface area contributed by atoms with Crippen molar-refractivity contribution in [3.8, 4) is 11.1 Å². The number of thioether (sulfide) groups is 1. The summed E-state index contributed by atoms with van der Waals surface area (Å²) in [5.41, 5.74) is 6.50. The number of carbonyl (C=O) groups excluding carboxylic acids is 3. The molecule has 4 aromatic rings. The largest absolute Gasteiger partial charge is 0.462 e. The molecule has 2 heterocycles. The maximum atomic E-state index is 13.5. The highest BCUT2D eigenvalue weighted by atomic mass is 32.2. The van der Waals surface area contributed by atoms with Crippen molar-refractivity contribution in [1.29, 1.82) is 0 Å². The lowest BCUT2D eigenvalue weighted by molar-refractivity contribution is -0.119. The molecule has 3 aromatic carbocycles. The summed E-state index contributed by atoms with van der Waals surface area (Å²) < 4.78 is 5.52. The average molecular weight is 583 g/mol. The Bertz CT molecular complexity index is 1620. The Hall–Kier alpha value is -4.54. The summed E-state index contributed by atoms with van der Waals surface area (Å²) in [4.78, 5) is 42.4. The summed E-state index contributed by atoms with van der Waals surface area (Å²) in [7, 11) is 0. The lowest BCUT2D eigenvalue weighted by Crippen LogP contribution is -2.22. The minimum absolute atomic E-state index is 0.0488. The Kier molecular flexibility index (Phi) is 9.02. The minimum Gasteiger partial charge on any atom is -0.462 e. The highest BCUT2D eigenvalue weighted by Gasteiger charge is 2.29. The minimum atomic E-state index is -0.468. The maximum Gasteiger partial charge on any atom is 0.341 e. The standard InChI is InChI=1S/C31H26N4O4S2/c1-2-39-31(38)27-26(20-12-6-3-7-13-20)29(41-30(27)32-22-16-10-5-11-17-22)28(21-14-8-4-9-15-21)35-34-23(36)18-25-33-24(37)19-40-25/h3-17,32H,2,18-19H2,1H3,(H,34,36)/b35-28+. The van der Waals surface area contributed by atoms with Crippen molar-refractivity contribution in [2.75, 3.05) is 17.7 Å². The molecule has 8 nitrogen and oxygen atoms in total. The van der Waals surface area contributed by atoms with Gasteiger partial charge in [0.15, 0.2) is 0 Å². The zero-order valence-electron chi connectivity index (χ0n) is 22.1. The van der Waals surface area contributed by atoms with Crippen molar-refractivity contribution < 1.29 is 19.1 Å². The Labute approximate surface area is 245 Å². The van der Waals surface area contributed by atoms with E-state index in [9.17, 15) is 14.4 Å². The van der Waals surface area contributed by atoms with Gasteiger partial charge in [0.1, 0.15) is 16.3 Å². The smallest absolute Gasteiger partial charge is 0.341 e. The number of thiophene rings is 1. The van der Waals surface area contributed by atoms with Crippen LogP contribution in [0.25, 0.3) is 11.1 Å². The fourth-order valence-corrected chi connectivity index (χ4v) is 6.19. The van der Waals surface area contributed by atoms with E-state index in [1.54, 1.807) is 6.92 Å². The van der Waals surface area contributed by atoms with Gasteiger partial charge in [0.25, 0.3) is 5.91 Å². The molecule has 206 valence electrons. The van der Waals surface area contributed by atoms with Gasteiger partial charge >= 0.3 is 5.97 Å². The average Bonchev–Trinajstić information content (AvgIpc) is 3.57. The van der Waals surface area contributed by atoms with Crippen molar-refractivity contribution in [2.45, 2.75) is 13.3 Å². The second kappa shape index (κ2) is 13.2. The zero-order chi connectivity index (χ0) is 28.6. The van der Waals surface area contributed by atoms with Gasteiger partial charge in [0.2, 0.25) is 5.91 Å². The first-order chi connectivity index (χ1) is 20.0. The molecule has 0 saturated carbocycles. The van der Waals surface area contributed by atoms with Crippen LogP contribution in [0, 0.1) is 0 Å². The molecule has 0 atom stereocenters. The van der Waals surface area contributed by atoms with Crippen LogP contribution in [0.2, 0.25) is 0 Å². The Morgan fingerprint density at radius 1 is 0.951 bits per heavy atom. The van der Waals surface area contributed by atoms with Crippen LogP contribution in [0.4, 0.5) is 10.7 Å². The third-order valence-corrected chi connectivity index (χ3v) is 8.03. The van der Waals surface area contributed by atoms with Gasteiger partial charge in [-0.3, -0.25) is 9.59 Å². The summed E-state index contributed by atoms with van der Waals surface area (Å²) in [5.74, 6) is -0.873. The number of hydrazone groups is 1. The van der Waals surface area contributed by atoms with E-state index < -0.39 is 11.9 Å². The number of benzene rings is 3. The van der Waals surface area contributed by atoms with Gasteiger partial charge in [0, 0.05) is 16.8 Å². The number of nitrogens with one attached hydrogen (secondary N) is 2. The van der Waals surface area contributed by atoms with Crippen molar-refractivity contribution in [1.82, 2.24) is 5.43 Å². The second-order valence-corrected chi connectivity index (χ2v) is 10.9. The van der Waals surface area contributed by atoms with Crippen LogP contribution in [-0.2, 0) is 14.3 Å². The monoisotopic (exact) mass is 582 g/mol. The van der Waals surface area contributed by atoms with Crippen molar-refractivity contribution in [2.24, 2.45) is 10.1 Å². The van der Waals surface area contributed by atoms with E-state index in [0.717, 1.165) is 16.8 Å². The first kappa shape index (κ1) is 28.0. The summed E-state index contributed by atoms with van der Waals surface area (Å²) in [5, 5.41) is 9.02. The van der Waals surface area contributed by atoms with E-state index in [0.29, 0.717) is 31.8 Å². The van der Waals surface area contributed by atoms with E-state index in [2.05, 4.69) is 20.8 Å². The number of carbonyl (C=O) groups is 3. The Balaban J connectivity index is 1.66. The lowest BCUT2D eigenvalue weighted by Gasteiger charge is -2.11. The van der Waals surface area contributed by atoms with Gasteiger partial charge in [-0.05, 0) is 24.6 Å². The molecule has 0 bridgehead atoms. The van der Waals surface area contributed by atoms with Crippen LogP contribution in [-0.4, -0.2) is 40.9 Å². The molecule has 2 N–H and O–H groups in total. The maximum absolute atomic E-state index is 13.5. The summed E-state index contributed by atoms with van der Waals surface area (Å²) in [6, 6.07) is 28.6. The summed E-state index contributed by atoms with van der Waals surface area (Å²) in [6.45, 7) is 1.98. The second-order valence-electron chi connectivity index (χ2n) is 8.81. The highest BCUT2D eigenvalue weighted by Crippen LogP contribution is 2.43. The fourth-order valence-electron chi connectivity index (χ4n) is 4.19. The van der Waals surface area contributed by atoms with Gasteiger partial charge in [-0.2, -0.15) is 5.10 Å². The van der Waals surface area contributed by atoms with Crippen LogP contribution in [0.1, 0.15) is 34.1 Å². The molecule has 2 amide bonds. The molecular weight excluding hydrogens is 556 g/mol. The number of esters is 1. The van der Waals surface area contributed by atoms with Crippen molar-refractivity contribution >= 4 is 62.3 Å². The number of rotatable bonds is 10. The van der Waals surface area contributed by atoms with E-state index >= 15 is 0 Å². The van der Waals surface area contributed by atoms with Crippen molar-refractivity contribution in [3.05, 3.63) is 107 Å². The van der Waals surface area contributed by atoms with Gasteiger partial charge < -0.3 is 10.1 Å². The van der Waals surface area contributed by atoms with E-state index in [4.69, 9.17) is 4.74 Å². The molecule has 0 saturated heterocycles. The zero-order valence-corrected chi connectivity index (χ0v) is 23.8. The third kappa shape index (κ3) is 6.79. The topological polar surface area (TPSA) is 109 Å². The number of anilines is 2. The van der Waals surface area contributed by atoms with Gasteiger partial charge in [-0.15, -0.1) is 23.1 Å². The number of para-hydroxylation sites is 1. The number of ether oxygens (including phenoxy) is 1. The molecule has 41 heavy (non-hydrogen) atoms. The third-order valence-electron chi connectivity index (χ3n) is 5.96. The van der Waals surface area contributed by atoms with Crippen molar-refractivity contribution in [3.63, 3.8) is 0 Å². The van der Waals surface area contributed by atoms with Crippen LogP contribution >= 0.6 is 23.1 Å². The predicted molar refractivity (Wildman–Crippen MR) is 165 cm³/mol. The van der Waals surface area contributed by atoms with Crippen LogP contribution in [0.5, 0.6) is 0 Å². The molecule has 1 aliphatic heterocycles. The normalized spacial score (nSPS) is 13.0. The first-order valence-electron chi connectivity index (χ1n) is 12.9. The number of hydrogen-bond acceptors (Lipinski definition) is 8. The lowest BCUT2D eigenvalue weighted by atomic mass is 9.97. The molecule has 1 aliphatic rings. The van der Waals surface area contributed by atoms with Crippen LogP contribution < -0.4 is 10.7 Å². The molecule has 5 rings (SSSR count). The molecule has 10 heteroatoms. The number of aliphatic imine (C=N–C) groups is 1. The summed E-state index contributed by atoms with van der Waals surface area (Å²) >= 11 is 2.60. The molecule has 0 spiro atoms. The van der Waals surface area contributed by atoms with Gasteiger partial charge in [0.05, 0.1) is 28.7 Å². The van der Waals surface area contributed by atoms with E-state index in [-0.39, 0.29) is 24.7 Å². The fraction of sp³-hybridized carbons (Fsp3) is 0.129. The molecule has 0 radical (unpaired) electrons. The van der Waals surface area contributed by atoms with E-state index in [1.165, 1.54) is 23.1 Å². The van der Waals surface area contributed by atoms with Crippen LogP contribution in [0.3, 0.4) is 0 Å². The molecule has 0 aliphatic carbocycles. The van der Waals surface area contributed by atoms with Gasteiger partial charge in [-0.25, -0.2) is 15.2 Å².